The number of likely N-dealkylation sites (tertiary alicyclic amines) is 1. The summed E-state index contributed by atoms with van der Waals surface area (Å²) in [6.45, 7) is 4.63. The van der Waals surface area contributed by atoms with Gasteiger partial charge in [0.15, 0.2) is 11.5 Å². The van der Waals surface area contributed by atoms with Gasteiger partial charge in [0, 0.05) is 37.5 Å². The average Bonchev–Trinajstić information content (AvgIpc) is 3.45. The van der Waals surface area contributed by atoms with Crippen LogP contribution in [-0.4, -0.2) is 39.3 Å². The van der Waals surface area contributed by atoms with E-state index in [0.29, 0.717) is 12.2 Å². The number of imidazole rings is 1. The molecule has 0 radical (unpaired) electrons. The molecule has 1 spiro atoms. The molecule has 0 saturated carbocycles. The summed E-state index contributed by atoms with van der Waals surface area (Å²) in [6, 6.07) is 10.4. The van der Waals surface area contributed by atoms with E-state index in [1.807, 2.05) is 30.7 Å². The largest absolute Gasteiger partial charge is 0.454 e. The highest BCUT2D eigenvalue weighted by molar-refractivity contribution is 5.58. The second kappa shape index (κ2) is 6.59. The van der Waals surface area contributed by atoms with E-state index in [9.17, 15) is 0 Å². The third-order valence-electron chi connectivity index (χ3n) is 6.68. The topological polar surface area (TPSA) is 52.4 Å². The van der Waals surface area contributed by atoms with E-state index in [0.717, 1.165) is 49.7 Å². The molecule has 3 aliphatic heterocycles. The van der Waals surface area contributed by atoms with Crippen molar-refractivity contribution in [3.05, 3.63) is 60.3 Å². The van der Waals surface area contributed by atoms with Gasteiger partial charge in [-0.2, -0.15) is 0 Å². The van der Waals surface area contributed by atoms with Crippen LogP contribution in [0.15, 0.2) is 48.9 Å². The van der Waals surface area contributed by atoms with Crippen LogP contribution in [0.5, 0.6) is 11.5 Å². The number of fused-ring (bicyclic) bond motifs is 2. The quantitative estimate of drug-likeness (QED) is 0.687. The second-order valence-corrected chi connectivity index (χ2v) is 8.53. The Morgan fingerprint density at radius 2 is 1.93 bits per heavy atom. The van der Waals surface area contributed by atoms with E-state index in [1.165, 1.54) is 29.9 Å². The van der Waals surface area contributed by atoms with Crippen molar-refractivity contribution in [1.29, 1.82) is 0 Å². The van der Waals surface area contributed by atoms with Gasteiger partial charge in [0.2, 0.25) is 6.79 Å². The molecule has 6 rings (SSSR count). The first-order valence-electron chi connectivity index (χ1n) is 10.3. The molecule has 3 aromatic rings. The zero-order valence-electron chi connectivity index (χ0n) is 16.4. The van der Waals surface area contributed by atoms with E-state index in [4.69, 9.17) is 14.5 Å². The minimum Gasteiger partial charge on any atom is -0.454 e. The van der Waals surface area contributed by atoms with Crippen molar-refractivity contribution in [3.8, 4) is 22.8 Å². The lowest BCUT2D eigenvalue weighted by Gasteiger charge is -2.39. The van der Waals surface area contributed by atoms with Crippen LogP contribution in [0.25, 0.3) is 11.3 Å². The summed E-state index contributed by atoms with van der Waals surface area (Å²) in [7, 11) is 0. The summed E-state index contributed by atoms with van der Waals surface area (Å²) in [6.07, 6.45) is 9.28. The molecule has 1 aromatic carbocycles. The first kappa shape index (κ1) is 17.0. The first-order chi connectivity index (χ1) is 14.3. The van der Waals surface area contributed by atoms with Crippen molar-refractivity contribution in [3.63, 3.8) is 0 Å². The predicted molar refractivity (Wildman–Crippen MR) is 109 cm³/mol. The van der Waals surface area contributed by atoms with Gasteiger partial charge in [-0.15, -0.1) is 0 Å². The number of pyridine rings is 1. The van der Waals surface area contributed by atoms with Gasteiger partial charge in [-0.3, -0.25) is 9.88 Å². The lowest BCUT2D eigenvalue weighted by molar-refractivity contribution is 0.0981. The van der Waals surface area contributed by atoms with Crippen molar-refractivity contribution in [2.24, 2.45) is 5.41 Å². The molecule has 0 aliphatic carbocycles. The maximum atomic E-state index is 5.52. The number of ether oxygens (including phenoxy) is 2. The Labute approximate surface area is 170 Å². The van der Waals surface area contributed by atoms with E-state index in [1.54, 1.807) is 0 Å². The molecule has 6 heteroatoms. The zero-order chi connectivity index (χ0) is 19.3. The molecular weight excluding hydrogens is 364 g/mol. The minimum absolute atomic E-state index is 0.334. The molecule has 6 nitrogen and oxygen atoms in total. The minimum atomic E-state index is 0.334. The third-order valence-corrected chi connectivity index (χ3v) is 6.68. The fraction of sp³-hybridized carbons (Fsp3) is 0.391. The summed E-state index contributed by atoms with van der Waals surface area (Å²) >= 11 is 0. The summed E-state index contributed by atoms with van der Waals surface area (Å²) in [4.78, 5) is 11.6. The molecule has 1 fully saturated rings. The normalized spacial score (nSPS) is 19.6. The molecule has 5 heterocycles. The highest BCUT2D eigenvalue weighted by atomic mass is 16.7. The monoisotopic (exact) mass is 388 g/mol. The Balaban J connectivity index is 1.13. The second-order valence-electron chi connectivity index (χ2n) is 8.53. The fourth-order valence-electron chi connectivity index (χ4n) is 5.02. The number of benzene rings is 1. The van der Waals surface area contributed by atoms with Gasteiger partial charge in [0.1, 0.15) is 5.82 Å². The van der Waals surface area contributed by atoms with Gasteiger partial charge in [-0.05, 0) is 61.2 Å². The number of hydrogen-bond acceptors (Lipinski definition) is 5. The van der Waals surface area contributed by atoms with E-state index in [2.05, 4.69) is 32.7 Å². The van der Waals surface area contributed by atoms with Crippen LogP contribution < -0.4 is 9.47 Å². The highest BCUT2D eigenvalue weighted by Crippen LogP contribution is 2.43. The van der Waals surface area contributed by atoms with Crippen molar-refractivity contribution in [2.45, 2.75) is 32.4 Å². The summed E-state index contributed by atoms with van der Waals surface area (Å²) in [5, 5.41) is 0. The van der Waals surface area contributed by atoms with Crippen LogP contribution in [0.1, 0.15) is 24.2 Å². The summed E-state index contributed by atoms with van der Waals surface area (Å²) in [5.41, 5.74) is 4.01. The molecule has 0 amide bonds. The fourth-order valence-corrected chi connectivity index (χ4v) is 5.02. The van der Waals surface area contributed by atoms with Crippen molar-refractivity contribution >= 4 is 0 Å². The molecule has 1 saturated heterocycles. The summed E-state index contributed by atoms with van der Waals surface area (Å²) < 4.78 is 13.4. The Morgan fingerprint density at radius 1 is 1.03 bits per heavy atom. The number of hydrogen-bond donors (Lipinski definition) is 0. The Hall–Kier alpha value is -2.86. The van der Waals surface area contributed by atoms with Crippen molar-refractivity contribution in [2.75, 3.05) is 19.9 Å². The number of rotatable bonds is 3. The molecule has 0 N–H and O–H groups in total. The molecule has 148 valence electrons. The zero-order valence-corrected chi connectivity index (χ0v) is 16.4. The molecule has 3 aliphatic rings. The van der Waals surface area contributed by atoms with Crippen LogP contribution >= 0.6 is 0 Å². The van der Waals surface area contributed by atoms with E-state index < -0.39 is 0 Å². The summed E-state index contributed by atoms with van der Waals surface area (Å²) in [5.74, 6) is 2.96. The smallest absolute Gasteiger partial charge is 0.231 e. The van der Waals surface area contributed by atoms with Crippen LogP contribution in [0, 0.1) is 5.41 Å². The molecule has 0 bridgehead atoms. The molecular formula is C23H24N4O2. The van der Waals surface area contributed by atoms with Crippen LogP contribution in [0.2, 0.25) is 0 Å². The van der Waals surface area contributed by atoms with E-state index in [-0.39, 0.29) is 0 Å². The lowest BCUT2D eigenvalue weighted by atomic mass is 9.77. The average molecular weight is 388 g/mol. The standard InChI is InChI=1S/C23H24N4O2/c1-2-18(12-24-7-1)19-13-25-22-11-23(15-27(19)22)5-8-26(9-6-23)14-17-3-4-20-21(10-17)29-16-28-20/h1-4,7,10,12-13H,5-6,8-9,11,14-16H2. The SMILES string of the molecule is c1cncc(-c2cnc3n2CC2(CCN(Cc4ccc5c(c4)OCO5)CC2)C3)c1. The van der Waals surface area contributed by atoms with Crippen LogP contribution in [-0.2, 0) is 19.5 Å². The van der Waals surface area contributed by atoms with Gasteiger partial charge >= 0.3 is 0 Å². The van der Waals surface area contributed by atoms with Gasteiger partial charge in [0.05, 0.1) is 11.9 Å². The molecule has 29 heavy (non-hydrogen) atoms. The van der Waals surface area contributed by atoms with Gasteiger partial charge in [-0.1, -0.05) is 6.07 Å². The number of nitrogens with zero attached hydrogens (tertiary/aromatic N) is 4. The van der Waals surface area contributed by atoms with Gasteiger partial charge in [0.25, 0.3) is 0 Å². The van der Waals surface area contributed by atoms with Crippen LogP contribution in [0.3, 0.4) is 0 Å². The first-order valence-corrected chi connectivity index (χ1v) is 10.3. The number of aromatic nitrogens is 3. The lowest BCUT2D eigenvalue weighted by Crippen LogP contribution is -2.40. The van der Waals surface area contributed by atoms with E-state index >= 15 is 0 Å². The predicted octanol–water partition coefficient (Wildman–Crippen LogP) is 3.51. The maximum Gasteiger partial charge on any atom is 0.231 e. The molecule has 0 atom stereocenters. The Kier molecular flexibility index (Phi) is 3.87. The van der Waals surface area contributed by atoms with Crippen LogP contribution in [0.4, 0.5) is 0 Å². The van der Waals surface area contributed by atoms with Crippen molar-refractivity contribution in [1.82, 2.24) is 19.4 Å². The Morgan fingerprint density at radius 3 is 2.79 bits per heavy atom. The van der Waals surface area contributed by atoms with Gasteiger partial charge in [-0.25, -0.2) is 4.98 Å². The third kappa shape index (κ3) is 2.99. The Bertz CT molecular complexity index is 1040. The maximum absolute atomic E-state index is 5.52. The molecule has 0 unspecified atom stereocenters. The highest BCUT2D eigenvalue weighted by Gasteiger charge is 2.41. The number of piperidine rings is 1. The molecule has 2 aromatic heterocycles. The van der Waals surface area contributed by atoms with Gasteiger partial charge < -0.3 is 14.0 Å². The van der Waals surface area contributed by atoms with Crippen molar-refractivity contribution < 1.29 is 9.47 Å².